The van der Waals surface area contributed by atoms with Crippen molar-refractivity contribution in [3.05, 3.63) is 0 Å². The number of phosphoric acid groups is 3. The van der Waals surface area contributed by atoms with Crippen molar-refractivity contribution < 1.29 is 132 Å². The number of aliphatic hydroxyl groups is 12. The van der Waals surface area contributed by atoms with Crippen LogP contribution >= 0.6 is 23.5 Å². The van der Waals surface area contributed by atoms with Gasteiger partial charge in [0.2, 0.25) is 0 Å². The van der Waals surface area contributed by atoms with E-state index in [1.165, 1.54) is 0 Å². The Morgan fingerprint density at radius 2 is 0.569 bits per heavy atom. The van der Waals surface area contributed by atoms with Crippen molar-refractivity contribution in [3.8, 4) is 0 Å². The first-order chi connectivity index (χ1) is 21.6. The van der Waals surface area contributed by atoms with Gasteiger partial charge < -0.3 is 90.6 Å². The number of Topliss-reactive ketones (excluding diaryl/α,β-unsaturated/α-hetero) is 3. The second kappa shape index (κ2) is 31.9. The Morgan fingerprint density at radius 3 is 0.686 bits per heavy atom. The first-order valence-corrected chi connectivity index (χ1v) is 16.8. The van der Waals surface area contributed by atoms with E-state index in [1.54, 1.807) is 0 Å². The maximum atomic E-state index is 10.7. The number of hydrogen-bond donors (Lipinski definition) is 18. The molecular weight excluding hydrogens is 810 g/mol. The van der Waals surface area contributed by atoms with Gasteiger partial charge in [0.15, 0.2) is 17.3 Å². The van der Waals surface area contributed by atoms with Crippen LogP contribution in [-0.2, 0) is 41.6 Å². The van der Waals surface area contributed by atoms with Crippen LogP contribution < -0.4 is 0 Å². The Labute approximate surface area is 353 Å². The van der Waals surface area contributed by atoms with Gasteiger partial charge in [-0.05, 0) is 0 Å². The molecule has 0 bridgehead atoms. The molecule has 0 aromatic heterocycles. The van der Waals surface area contributed by atoms with E-state index in [0.29, 0.717) is 0 Å². The van der Waals surface area contributed by atoms with Crippen molar-refractivity contribution in [1.82, 2.24) is 0 Å². The van der Waals surface area contributed by atoms with Gasteiger partial charge in [0, 0.05) is 0 Å². The van der Waals surface area contributed by atoms with Crippen LogP contribution in [0.5, 0.6) is 0 Å². The van der Waals surface area contributed by atoms with Crippen LogP contribution in [0.25, 0.3) is 0 Å². The molecule has 0 fully saturated rings. The molecule has 0 aromatic carbocycles. The van der Waals surface area contributed by atoms with Crippen molar-refractivity contribution in [1.29, 1.82) is 0 Å². The topological polar surface area (TPSA) is 494 Å². The fourth-order valence-corrected chi connectivity index (χ4v) is 3.34. The molecule has 0 aliphatic heterocycles. The summed E-state index contributed by atoms with van der Waals surface area (Å²) in [6.45, 7) is -6.03. The zero-order valence-corrected chi connectivity index (χ0v) is 26.7. The molecule has 33 heteroatoms. The number of aliphatic hydroxyl groups excluding tert-OH is 12. The molecule has 0 saturated carbocycles. The average molecular weight is 852 g/mol. The number of rotatable bonds is 21. The zero-order valence-electron chi connectivity index (χ0n) is 24.0. The van der Waals surface area contributed by atoms with Gasteiger partial charge in [0.25, 0.3) is 0 Å². The Balaban J connectivity index is -0.000000145. The van der Waals surface area contributed by atoms with E-state index in [4.69, 9.17) is 90.6 Å². The fraction of sp³-hybridized carbons (Fsp3) is 0.833. The van der Waals surface area contributed by atoms with Gasteiger partial charge in [-0.15, -0.1) is 0 Å². The van der Waals surface area contributed by atoms with Gasteiger partial charge >= 0.3 is 112 Å². The zero-order chi connectivity index (χ0) is 38.8. The summed E-state index contributed by atoms with van der Waals surface area (Å²) in [6.07, 6.45) is -17.8. The molecule has 0 rings (SSSR count). The van der Waals surface area contributed by atoms with Crippen molar-refractivity contribution in [2.45, 2.75) is 54.9 Å². The van der Waals surface area contributed by atoms with Crippen molar-refractivity contribution in [2.75, 3.05) is 39.6 Å². The summed E-state index contributed by atoms with van der Waals surface area (Å²) in [6, 6.07) is 0. The number of carbonyl (C=O) groups excluding carboxylic acids is 3. The summed E-state index contributed by atoms with van der Waals surface area (Å²) in [5.41, 5.74) is 0. The summed E-state index contributed by atoms with van der Waals surface area (Å²) in [5.74, 6) is -3.41. The molecule has 27 nitrogen and oxygen atoms in total. The van der Waals surface area contributed by atoms with Crippen LogP contribution in [0.15, 0.2) is 0 Å². The van der Waals surface area contributed by atoms with Crippen LogP contribution in [0.2, 0.25) is 0 Å². The number of phosphoric ester groups is 3. The molecule has 0 aliphatic carbocycles. The molecule has 0 spiro atoms. The van der Waals surface area contributed by atoms with Crippen molar-refractivity contribution in [2.24, 2.45) is 0 Å². The molecule has 9 atom stereocenters. The first kappa shape index (κ1) is 64.7. The first-order valence-electron chi connectivity index (χ1n) is 12.2. The van der Waals surface area contributed by atoms with Gasteiger partial charge in [-0.25, -0.2) is 13.7 Å². The van der Waals surface area contributed by atoms with E-state index in [9.17, 15) is 28.1 Å². The van der Waals surface area contributed by atoms with Crippen molar-refractivity contribution >= 4 is 129 Å². The third kappa shape index (κ3) is 33.7. The normalized spacial score (nSPS) is 16.8. The quantitative estimate of drug-likeness (QED) is 0.0376. The van der Waals surface area contributed by atoms with E-state index in [-0.39, 0.29) is 88.7 Å². The van der Waals surface area contributed by atoms with Crippen LogP contribution in [0, 0.1) is 0 Å². The molecule has 0 heterocycles. The standard InChI is InChI=1S/3C6H13O9P.3Na.3H/c3*7-1-3(8)5(10)6(11)4(9)2-15-16(12,13)14;;;;;;/h3*4-7,9-11H,1-2H2,(H2,12,13,14);;;;;;/t3*4-,5-,6-;;;;;;/m111....../s1. The molecule has 0 aliphatic rings. The van der Waals surface area contributed by atoms with Crippen LogP contribution in [0.3, 0.4) is 0 Å². The van der Waals surface area contributed by atoms with E-state index in [2.05, 4.69) is 13.6 Å². The Kier molecular flexibility index (Phi) is 40.5. The van der Waals surface area contributed by atoms with Crippen LogP contribution in [0.4, 0.5) is 0 Å². The Hall–Kier alpha value is 1.86. The second-order valence-corrected chi connectivity index (χ2v) is 12.5. The molecule has 0 saturated heterocycles. The molecule has 0 amide bonds. The van der Waals surface area contributed by atoms with Crippen LogP contribution in [-0.4, -0.2) is 291 Å². The molecule has 18 N–H and O–H groups in total. The number of ketones is 3. The van der Waals surface area contributed by atoms with Gasteiger partial charge in [-0.2, -0.15) is 0 Å². The number of carbonyl (C=O) groups is 3. The molecular formula is C18H42Na3O27P3. The summed E-state index contributed by atoms with van der Waals surface area (Å²) in [7, 11) is -14.4. The molecule has 0 radical (unpaired) electrons. The van der Waals surface area contributed by atoms with E-state index < -0.39 is 135 Å². The SMILES string of the molecule is O=C(CO)[C@@H](O)[C@H](O)[C@H](O)COP(=O)(O)O.O=C(CO)[C@@H](O)[C@H](O)[C@H](O)COP(=O)(O)O.O=C(CO)[C@@H](O)[C@H](O)[C@H](O)COP(=O)(O)O.[NaH].[NaH].[NaH]. The third-order valence-corrected chi connectivity index (χ3v) is 6.31. The van der Waals surface area contributed by atoms with Crippen LogP contribution in [0.1, 0.15) is 0 Å². The summed E-state index contributed by atoms with van der Waals surface area (Å²) in [4.78, 5) is 81.7. The molecule has 51 heavy (non-hydrogen) atoms. The molecule has 0 aromatic rings. The second-order valence-electron chi connectivity index (χ2n) is 8.74. The van der Waals surface area contributed by atoms with Gasteiger partial charge in [-0.1, -0.05) is 0 Å². The van der Waals surface area contributed by atoms with Crippen molar-refractivity contribution in [3.63, 3.8) is 0 Å². The summed E-state index contributed by atoms with van der Waals surface area (Å²) in [5, 5.41) is 107. The van der Waals surface area contributed by atoms with Gasteiger partial charge in [-0.3, -0.25) is 28.0 Å². The minimum atomic E-state index is -4.81. The predicted octanol–water partition coefficient (Wildman–Crippen LogP) is -11.7. The summed E-state index contributed by atoms with van der Waals surface area (Å²) >= 11 is 0. The molecule has 0 unspecified atom stereocenters. The average Bonchev–Trinajstić information content (AvgIpc) is 3.00. The van der Waals surface area contributed by atoms with Gasteiger partial charge in [0.05, 0.1) is 19.8 Å². The minimum absolute atomic E-state index is 0. The van der Waals surface area contributed by atoms with E-state index >= 15 is 0 Å². The number of hydrogen-bond acceptors (Lipinski definition) is 21. The van der Waals surface area contributed by atoms with Gasteiger partial charge in [0.1, 0.15) is 74.8 Å². The molecule has 294 valence electrons. The monoisotopic (exact) mass is 852 g/mol. The predicted molar refractivity (Wildman–Crippen MR) is 166 cm³/mol. The Morgan fingerprint density at radius 1 is 0.412 bits per heavy atom. The third-order valence-electron chi connectivity index (χ3n) is 4.85. The maximum absolute atomic E-state index is 10.7. The fourth-order valence-electron chi connectivity index (χ4n) is 2.30. The summed E-state index contributed by atoms with van der Waals surface area (Å²) < 4.78 is 42.2. The van der Waals surface area contributed by atoms with E-state index in [1.807, 2.05) is 0 Å². The van der Waals surface area contributed by atoms with E-state index in [0.717, 1.165) is 0 Å². The Bertz CT molecular complexity index is 969.